The van der Waals surface area contributed by atoms with Crippen LogP contribution in [-0.4, -0.2) is 18.2 Å². The van der Waals surface area contributed by atoms with E-state index in [0.717, 1.165) is 5.56 Å². The fraction of sp³-hybridized carbons (Fsp3) is 0.133. The van der Waals surface area contributed by atoms with E-state index in [1.54, 1.807) is 12.1 Å². The molecule has 1 N–H and O–H groups in total. The van der Waals surface area contributed by atoms with Crippen LogP contribution in [0.25, 0.3) is 0 Å². The number of benzene rings is 2. The van der Waals surface area contributed by atoms with Gasteiger partial charge in [0.25, 0.3) is 0 Å². The monoisotopic (exact) mass is 370 g/mol. The van der Waals surface area contributed by atoms with Crippen LogP contribution in [0.2, 0.25) is 5.02 Å². The van der Waals surface area contributed by atoms with Gasteiger partial charge < -0.3 is 14.6 Å². The van der Waals surface area contributed by atoms with E-state index in [-0.39, 0.29) is 5.56 Å². The SMILES string of the molecule is COc1cc(C(=O)O)cc(Br)c1OCc1ccc(Cl)cc1. The highest BCUT2D eigenvalue weighted by Crippen LogP contribution is 2.37. The van der Waals surface area contributed by atoms with Crippen molar-refractivity contribution >= 4 is 33.5 Å². The van der Waals surface area contributed by atoms with E-state index in [0.29, 0.717) is 27.6 Å². The molecule has 2 aromatic rings. The van der Waals surface area contributed by atoms with Crippen LogP contribution in [0.4, 0.5) is 0 Å². The molecule has 0 aliphatic carbocycles. The van der Waals surface area contributed by atoms with Crippen molar-refractivity contribution in [2.24, 2.45) is 0 Å². The molecule has 0 heterocycles. The molecular formula is C15H12BrClO4. The van der Waals surface area contributed by atoms with Crippen LogP contribution in [0.3, 0.4) is 0 Å². The van der Waals surface area contributed by atoms with Gasteiger partial charge in [0.05, 0.1) is 17.1 Å². The van der Waals surface area contributed by atoms with Gasteiger partial charge >= 0.3 is 5.97 Å². The van der Waals surface area contributed by atoms with Gasteiger partial charge in [-0.05, 0) is 45.8 Å². The van der Waals surface area contributed by atoms with Crippen LogP contribution < -0.4 is 9.47 Å². The normalized spacial score (nSPS) is 10.2. The van der Waals surface area contributed by atoms with Crippen molar-refractivity contribution in [1.29, 1.82) is 0 Å². The maximum atomic E-state index is 11.0. The lowest BCUT2D eigenvalue weighted by Crippen LogP contribution is -2.02. The van der Waals surface area contributed by atoms with Crippen molar-refractivity contribution in [3.05, 3.63) is 57.0 Å². The Kier molecular flexibility index (Phi) is 5.09. The van der Waals surface area contributed by atoms with Crippen LogP contribution in [0.5, 0.6) is 11.5 Å². The molecule has 0 unspecified atom stereocenters. The Bertz CT molecular complexity index is 655. The number of hydrogen-bond acceptors (Lipinski definition) is 3. The van der Waals surface area contributed by atoms with Crippen molar-refractivity contribution in [3.63, 3.8) is 0 Å². The molecular weight excluding hydrogens is 360 g/mol. The maximum absolute atomic E-state index is 11.0. The van der Waals surface area contributed by atoms with Gasteiger partial charge in [0.1, 0.15) is 6.61 Å². The topological polar surface area (TPSA) is 55.8 Å². The third-order valence-electron chi connectivity index (χ3n) is 2.77. The molecule has 0 atom stereocenters. The Hall–Kier alpha value is -1.72. The number of rotatable bonds is 5. The van der Waals surface area contributed by atoms with Gasteiger partial charge in [-0.1, -0.05) is 23.7 Å². The van der Waals surface area contributed by atoms with Gasteiger partial charge in [-0.3, -0.25) is 0 Å². The molecule has 0 fully saturated rings. The highest BCUT2D eigenvalue weighted by Gasteiger charge is 2.15. The van der Waals surface area contributed by atoms with E-state index in [1.807, 2.05) is 12.1 Å². The first-order valence-electron chi connectivity index (χ1n) is 5.99. The summed E-state index contributed by atoms with van der Waals surface area (Å²) in [5.74, 6) is -0.216. The van der Waals surface area contributed by atoms with Crippen molar-refractivity contribution in [1.82, 2.24) is 0 Å². The summed E-state index contributed by atoms with van der Waals surface area (Å²) in [6.45, 7) is 0.318. The Morgan fingerprint density at radius 2 is 1.95 bits per heavy atom. The summed E-state index contributed by atoms with van der Waals surface area (Å²) in [5.41, 5.74) is 1.06. The lowest BCUT2D eigenvalue weighted by molar-refractivity contribution is 0.0696. The predicted molar refractivity (Wildman–Crippen MR) is 83.4 cm³/mol. The first kappa shape index (κ1) is 15.7. The smallest absolute Gasteiger partial charge is 0.335 e. The van der Waals surface area contributed by atoms with Crippen LogP contribution in [0, 0.1) is 0 Å². The van der Waals surface area contributed by atoms with Crippen molar-refractivity contribution in [2.45, 2.75) is 6.61 Å². The Balaban J connectivity index is 2.23. The summed E-state index contributed by atoms with van der Waals surface area (Å²) < 4.78 is 11.4. The number of methoxy groups -OCH3 is 1. The lowest BCUT2D eigenvalue weighted by Gasteiger charge is -2.13. The average molecular weight is 372 g/mol. The van der Waals surface area contributed by atoms with Crippen molar-refractivity contribution < 1.29 is 19.4 Å². The van der Waals surface area contributed by atoms with Gasteiger partial charge in [0.2, 0.25) is 0 Å². The van der Waals surface area contributed by atoms with Crippen LogP contribution >= 0.6 is 27.5 Å². The highest BCUT2D eigenvalue weighted by atomic mass is 79.9. The van der Waals surface area contributed by atoms with E-state index in [9.17, 15) is 4.79 Å². The summed E-state index contributed by atoms with van der Waals surface area (Å²) in [4.78, 5) is 11.0. The van der Waals surface area contributed by atoms with E-state index in [1.165, 1.54) is 19.2 Å². The minimum atomic E-state index is -1.03. The number of carboxylic acid groups (broad SMARTS) is 1. The molecule has 0 saturated carbocycles. The average Bonchev–Trinajstić information content (AvgIpc) is 2.46. The van der Waals surface area contributed by atoms with Crippen LogP contribution in [0.1, 0.15) is 15.9 Å². The fourth-order valence-corrected chi connectivity index (χ4v) is 2.40. The largest absolute Gasteiger partial charge is 0.493 e. The van der Waals surface area contributed by atoms with E-state index < -0.39 is 5.97 Å². The number of hydrogen-bond donors (Lipinski definition) is 1. The standard InChI is InChI=1S/C15H12BrClO4/c1-20-13-7-10(15(18)19)6-12(16)14(13)21-8-9-2-4-11(17)5-3-9/h2-7H,8H2,1H3,(H,18,19). The molecule has 0 amide bonds. The molecule has 110 valence electrons. The first-order valence-corrected chi connectivity index (χ1v) is 7.16. The second-order valence-electron chi connectivity index (χ2n) is 4.21. The summed E-state index contributed by atoms with van der Waals surface area (Å²) in [7, 11) is 1.46. The number of ether oxygens (including phenoxy) is 2. The molecule has 0 aliphatic heterocycles. The Morgan fingerprint density at radius 1 is 1.29 bits per heavy atom. The molecule has 2 aromatic carbocycles. The molecule has 6 heteroatoms. The third kappa shape index (κ3) is 3.89. The minimum Gasteiger partial charge on any atom is -0.493 e. The summed E-state index contributed by atoms with van der Waals surface area (Å²) in [6.07, 6.45) is 0. The molecule has 0 radical (unpaired) electrons. The molecule has 4 nitrogen and oxygen atoms in total. The molecule has 0 spiro atoms. The Labute approximate surface area is 135 Å². The first-order chi connectivity index (χ1) is 10.0. The van der Waals surface area contributed by atoms with Gasteiger partial charge in [-0.25, -0.2) is 4.79 Å². The number of carbonyl (C=O) groups is 1. The molecule has 0 bridgehead atoms. The fourth-order valence-electron chi connectivity index (χ4n) is 1.72. The highest BCUT2D eigenvalue weighted by molar-refractivity contribution is 9.10. The summed E-state index contributed by atoms with van der Waals surface area (Å²) in [6, 6.07) is 10.2. The third-order valence-corrected chi connectivity index (χ3v) is 3.61. The van der Waals surface area contributed by atoms with Gasteiger partial charge in [0, 0.05) is 5.02 Å². The zero-order valence-electron chi connectivity index (χ0n) is 11.1. The number of carboxylic acids is 1. The van der Waals surface area contributed by atoms with Gasteiger partial charge in [0.15, 0.2) is 11.5 Å². The zero-order valence-corrected chi connectivity index (χ0v) is 13.4. The molecule has 0 saturated heterocycles. The number of halogens is 2. The second-order valence-corrected chi connectivity index (χ2v) is 5.50. The minimum absolute atomic E-state index is 0.123. The lowest BCUT2D eigenvalue weighted by atomic mass is 10.2. The second kappa shape index (κ2) is 6.83. The predicted octanol–water partition coefficient (Wildman–Crippen LogP) is 4.39. The number of aromatic carboxylic acids is 1. The molecule has 0 aliphatic rings. The Morgan fingerprint density at radius 3 is 2.52 bits per heavy atom. The van der Waals surface area contributed by atoms with E-state index in [2.05, 4.69) is 15.9 Å². The molecule has 21 heavy (non-hydrogen) atoms. The maximum Gasteiger partial charge on any atom is 0.335 e. The molecule has 0 aromatic heterocycles. The van der Waals surface area contributed by atoms with E-state index >= 15 is 0 Å². The van der Waals surface area contributed by atoms with Gasteiger partial charge in [-0.15, -0.1) is 0 Å². The van der Waals surface area contributed by atoms with Crippen molar-refractivity contribution in [2.75, 3.05) is 7.11 Å². The quantitative estimate of drug-likeness (QED) is 0.847. The van der Waals surface area contributed by atoms with Crippen LogP contribution in [0.15, 0.2) is 40.9 Å². The van der Waals surface area contributed by atoms with Gasteiger partial charge in [-0.2, -0.15) is 0 Å². The zero-order chi connectivity index (χ0) is 15.4. The van der Waals surface area contributed by atoms with E-state index in [4.69, 9.17) is 26.2 Å². The summed E-state index contributed by atoms with van der Waals surface area (Å²) in [5, 5.41) is 9.68. The van der Waals surface area contributed by atoms with Crippen molar-refractivity contribution in [3.8, 4) is 11.5 Å². The summed E-state index contributed by atoms with van der Waals surface area (Å²) >= 11 is 9.13. The van der Waals surface area contributed by atoms with Crippen LogP contribution in [-0.2, 0) is 6.61 Å². The molecule has 2 rings (SSSR count).